The number of nitrogens with one attached hydrogen (secondary N) is 1. The lowest BCUT2D eigenvalue weighted by Gasteiger charge is -2.35. The summed E-state index contributed by atoms with van der Waals surface area (Å²) in [6.45, 7) is 2.28. The molecule has 1 saturated heterocycles. The molecular weight excluding hydrogens is 445 g/mol. The molecule has 0 atom stereocenters. The molecule has 3 N–H and O–H groups in total. The number of benzene rings is 3. The number of imidazole rings is 1. The lowest BCUT2D eigenvalue weighted by atomic mass is 10.0. The minimum absolute atomic E-state index is 0.0222. The number of carbonyl (C=O) groups is 1. The summed E-state index contributed by atoms with van der Waals surface area (Å²) in [6, 6.07) is 19.8. The molecule has 5 aromatic rings. The summed E-state index contributed by atoms with van der Waals surface area (Å²) in [5.74, 6) is 1.04. The van der Waals surface area contributed by atoms with Gasteiger partial charge in [0.15, 0.2) is 11.5 Å². The van der Waals surface area contributed by atoms with Crippen LogP contribution >= 0.6 is 0 Å². The first kappa shape index (κ1) is 21.0. The zero-order valence-corrected chi connectivity index (χ0v) is 18.8. The quantitative estimate of drug-likeness (QED) is 0.418. The molecule has 1 amide bonds. The summed E-state index contributed by atoms with van der Waals surface area (Å²) in [6.07, 6.45) is 0. The van der Waals surface area contributed by atoms with Gasteiger partial charge in [-0.1, -0.05) is 36.4 Å². The molecule has 3 heterocycles. The van der Waals surface area contributed by atoms with Gasteiger partial charge in [0.05, 0.1) is 0 Å². The van der Waals surface area contributed by atoms with E-state index in [1.165, 1.54) is 12.1 Å². The molecule has 1 aliphatic rings. The van der Waals surface area contributed by atoms with Crippen LogP contribution in [-0.2, 0) is 0 Å². The van der Waals surface area contributed by atoms with Gasteiger partial charge in [0.25, 0.3) is 5.91 Å². The van der Waals surface area contributed by atoms with Crippen LogP contribution in [0.15, 0.2) is 66.7 Å². The molecule has 2 aromatic heterocycles. The van der Waals surface area contributed by atoms with Gasteiger partial charge in [-0.2, -0.15) is 9.97 Å². The third-order valence-corrected chi connectivity index (χ3v) is 6.35. The highest BCUT2D eigenvalue weighted by atomic mass is 19.1. The van der Waals surface area contributed by atoms with Crippen molar-refractivity contribution in [2.24, 2.45) is 0 Å². The molecule has 3 aromatic carbocycles. The Morgan fingerprint density at radius 1 is 0.886 bits per heavy atom. The fourth-order valence-corrected chi connectivity index (χ4v) is 4.58. The number of nitrogen functional groups attached to an aromatic ring is 1. The van der Waals surface area contributed by atoms with Crippen molar-refractivity contribution in [2.75, 3.05) is 36.8 Å². The zero-order valence-electron chi connectivity index (χ0n) is 18.8. The molecule has 8 nitrogen and oxygen atoms in total. The second-order valence-corrected chi connectivity index (χ2v) is 8.50. The van der Waals surface area contributed by atoms with Crippen LogP contribution in [0.5, 0.6) is 0 Å². The number of H-pyrrole nitrogens is 1. The van der Waals surface area contributed by atoms with E-state index in [4.69, 9.17) is 5.73 Å². The van der Waals surface area contributed by atoms with Crippen LogP contribution in [0.25, 0.3) is 33.3 Å². The van der Waals surface area contributed by atoms with Crippen molar-refractivity contribution in [3.63, 3.8) is 0 Å². The van der Waals surface area contributed by atoms with Crippen LogP contribution in [-0.4, -0.2) is 56.9 Å². The number of halogens is 1. The number of anilines is 2. The van der Waals surface area contributed by atoms with Crippen LogP contribution in [0, 0.1) is 5.82 Å². The Kier molecular flexibility index (Phi) is 5.02. The first-order valence-electron chi connectivity index (χ1n) is 11.4. The molecule has 6 rings (SSSR count). The summed E-state index contributed by atoms with van der Waals surface area (Å²) in [5, 5.41) is 2.01. The largest absolute Gasteiger partial charge is 0.368 e. The zero-order chi connectivity index (χ0) is 23.9. The molecule has 0 aliphatic carbocycles. The van der Waals surface area contributed by atoms with Gasteiger partial charge in [-0.3, -0.25) is 4.79 Å². The van der Waals surface area contributed by atoms with E-state index in [1.807, 2.05) is 47.4 Å². The third-order valence-electron chi connectivity index (χ3n) is 6.35. The van der Waals surface area contributed by atoms with Gasteiger partial charge in [-0.25, -0.2) is 9.37 Å². The van der Waals surface area contributed by atoms with E-state index in [1.54, 1.807) is 12.1 Å². The summed E-state index contributed by atoms with van der Waals surface area (Å²) in [7, 11) is 0. The normalized spacial score (nSPS) is 14.1. The Balaban J connectivity index is 1.26. The number of amides is 1. The number of carbonyl (C=O) groups excluding carboxylic acids is 1. The lowest BCUT2D eigenvalue weighted by molar-refractivity contribution is 0.0748. The fourth-order valence-electron chi connectivity index (χ4n) is 4.58. The number of nitrogens with zero attached hydrogens (tertiary/aromatic N) is 5. The van der Waals surface area contributed by atoms with Crippen molar-refractivity contribution in [3.8, 4) is 11.4 Å². The molecule has 0 radical (unpaired) electrons. The summed E-state index contributed by atoms with van der Waals surface area (Å²) < 4.78 is 13.3. The van der Waals surface area contributed by atoms with E-state index < -0.39 is 0 Å². The highest BCUT2D eigenvalue weighted by molar-refractivity contribution is 6.07. The standard InChI is InChI=1S/C26H22FN7O/c27-18-10-8-17(9-11-18)22-29-21-23(30-22)31-26(28)32-24(21)33-12-14-34(15-13-33)25(35)20-7-3-5-16-4-1-2-6-19(16)20/h1-11H,12-15H2,(H3,28,29,30,31,32). The highest BCUT2D eigenvalue weighted by Gasteiger charge is 2.26. The number of nitrogens with two attached hydrogens (primary N) is 1. The van der Waals surface area contributed by atoms with Crippen molar-refractivity contribution >= 4 is 39.6 Å². The number of piperazine rings is 1. The molecule has 0 unspecified atom stereocenters. The van der Waals surface area contributed by atoms with Gasteiger partial charge < -0.3 is 20.5 Å². The Morgan fingerprint density at radius 2 is 1.63 bits per heavy atom. The van der Waals surface area contributed by atoms with E-state index >= 15 is 0 Å². The average Bonchev–Trinajstić information content (AvgIpc) is 3.32. The van der Waals surface area contributed by atoms with Crippen LogP contribution in [0.1, 0.15) is 10.4 Å². The monoisotopic (exact) mass is 467 g/mol. The smallest absolute Gasteiger partial charge is 0.254 e. The molecule has 0 spiro atoms. The fraction of sp³-hybridized carbons (Fsp3) is 0.154. The van der Waals surface area contributed by atoms with Crippen molar-refractivity contribution in [1.29, 1.82) is 0 Å². The Bertz CT molecular complexity index is 1550. The van der Waals surface area contributed by atoms with E-state index in [0.29, 0.717) is 54.5 Å². The Labute approximate surface area is 200 Å². The van der Waals surface area contributed by atoms with E-state index in [9.17, 15) is 9.18 Å². The molecule has 174 valence electrons. The maximum Gasteiger partial charge on any atom is 0.254 e. The van der Waals surface area contributed by atoms with Crippen molar-refractivity contribution in [3.05, 3.63) is 78.1 Å². The molecule has 35 heavy (non-hydrogen) atoms. The first-order chi connectivity index (χ1) is 17.1. The molecule has 0 saturated carbocycles. The number of aromatic amines is 1. The van der Waals surface area contributed by atoms with Crippen LogP contribution < -0.4 is 10.6 Å². The average molecular weight is 468 g/mol. The minimum atomic E-state index is -0.314. The van der Waals surface area contributed by atoms with Crippen LogP contribution in [0.4, 0.5) is 16.2 Å². The first-order valence-corrected chi connectivity index (χ1v) is 11.4. The van der Waals surface area contributed by atoms with Crippen LogP contribution in [0.3, 0.4) is 0 Å². The second kappa shape index (κ2) is 8.35. The van der Waals surface area contributed by atoms with Crippen molar-refractivity contribution in [1.82, 2.24) is 24.8 Å². The number of rotatable bonds is 3. The number of fused-ring (bicyclic) bond motifs is 2. The summed E-state index contributed by atoms with van der Waals surface area (Å²) in [5.41, 5.74) is 8.54. The number of hydrogen-bond donors (Lipinski definition) is 2. The topological polar surface area (TPSA) is 104 Å². The Hall–Kier alpha value is -4.53. The van der Waals surface area contributed by atoms with E-state index in [2.05, 4.69) is 24.8 Å². The van der Waals surface area contributed by atoms with Gasteiger partial charge in [-0.15, -0.1) is 0 Å². The molecular formula is C26H22FN7O. The van der Waals surface area contributed by atoms with Crippen molar-refractivity contribution in [2.45, 2.75) is 0 Å². The van der Waals surface area contributed by atoms with Gasteiger partial charge in [0.2, 0.25) is 5.95 Å². The summed E-state index contributed by atoms with van der Waals surface area (Å²) >= 11 is 0. The maximum atomic E-state index is 13.3. The molecule has 0 bridgehead atoms. The molecule has 9 heteroatoms. The van der Waals surface area contributed by atoms with Crippen molar-refractivity contribution < 1.29 is 9.18 Å². The van der Waals surface area contributed by atoms with Gasteiger partial charge in [-0.05, 0) is 41.1 Å². The molecule has 1 fully saturated rings. The van der Waals surface area contributed by atoms with Gasteiger partial charge in [0.1, 0.15) is 17.2 Å². The van der Waals surface area contributed by atoms with E-state index in [-0.39, 0.29) is 17.7 Å². The predicted octanol–water partition coefficient (Wildman–Crippen LogP) is 3.86. The summed E-state index contributed by atoms with van der Waals surface area (Å²) in [4.78, 5) is 33.8. The van der Waals surface area contributed by atoms with Crippen LogP contribution in [0.2, 0.25) is 0 Å². The second-order valence-electron chi connectivity index (χ2n) is 8.50. The predicted molar refractivity (Wildman–Crippen MR) is 134 cm³/mol. The number of aromatic nitrogens is 4. The molecule has 1 aliphatic heterocycles. The number of hydrogen-bond acceptors (Lipinski definition) is 6. The van der Waals surface area contributed by atoms with E-state index in [0.717, 1.165) is 16.3 Å². The SMILES string of the molecule is Nc1nc(N2CCN(C(=O)c3cccc4ccccc34)CC2)c2[nH]c(-c3ccc(F)cc3)nc2n1. The highest BCUT2D eigenvalue weighted by Crippen LogP contribution is 2.28. The minimum Gasteiger partial charge on any atom is -0.368 e. The van der Waals surface area contributed by atoms with Gasteiger partial charge >= 0.3 is 0 Å². The van der Waals surface area contributed by atoms with Gasteiger partial charge in [0, 0.05) is 37.3 Å². The third kappa shape index (κ3) is 3.80. The Morgan fingerprint density at radius 3 is 2.43 bits per heavy atom. The lowest BCUT2D eigenvalue weighted by Crippen LogP contribution is -2.49. The maximum absolute atomic E-state index is 13.3.